The van der Waals surface area contributed by atoms with Gasteiger partial charge < -0.3 is 25.2 Å². The second kappa shape index (κ2) is 11.6. The Morgan fingerprint density at radius 3 is 2.08 bits per heavy atom. The lowest BCUT2D eigenvalue weighted by Crippen LogP contribution is -2.70. The lowest BCUT2D eigenvalue weighted by molar-refractivity contribution is -0.142. The third kappa shape index (κ3) is 7.15. The van der Waals surface area contributed by atoms with Crippen LogP contribution in [0.15, 0.2) is 0 Å². The van der Waals surface area contributed by atoms with Crippen LogP contribution >= 0.6 is 11.6 Å². The van der Waals surface area contributed by atoms with E-state index in [1.807, 2.05) is 0 Å². The molecule has 5 saturated carbocycles. The number of alkyl halides is 2. The van der Waals surface area contributed by atoms with Crippen LogP contribution < -0.4 is 10.6 Å². The summed E-state index contributed by atoms with van der Waals surface area (Å²) in [5.74, 6) is -0.581. The van der Waals surface area contributed by atoms with Crippen LogP contribution in [0.1, 0.15) is 77.0 Å². The van der Waals surface area contributed by atoms with Crippen LogP contribution in [-0.2, 0) is 28.9 Å². The fourth-order valence-electron chi connectivity index (χ4n) is 6.52. The van der Waals surface area contributed by atoms with Gasteiger partial charge >= 0.3 is 0 Å². The van der Waals surface area contributed by atoms with E-state index >= 15 is 0 Å². The van der Waals surface area contributed by atoms with Crippen molar-refractivity contribution in [1.29, 1.82) is 0 Å². The smallest absolute Gasteiger partial charge is 0.246 e. The topological polar surface area (TPSA) is 131 Å². The molecule has 2 amide bonds. The van der Waals surface area contributed by atoms with E-state index in [1.165, 1.54) is 6.26 Å². The summed E-state index contributed by atoms with van der Waals surface area (Å²) >= 11 is 5.91. The van der Waals surface area contributed by atoms with Crippen molar-refractivity contribution in [3.8, 4) is 0 Å². The molecule has 0 aromatic carbocycles. The summed E-state index contributed by atoms with van der Waals surface area (Å²) in [5.41, 5.74) is -1.29. The highest BCUT2D eigenvalue weighted by Crippen LogP contribution is 2.47. The predicted octanol–water partition coefficient (Wildman–Crippen LogP) is 1.92. The first kappa shape index (κ1) is 29.0. The molecule has 9 nitrogen and oxygen atoms in total. The second-order valence-electron chi connectivity index (χ2n) is 11.6. The van der Waals surface area contributed by atoms with Gasteiger partial charge in [0.15, 0.2) is 0 Å². The maximum absolute atomic E-state index is 13.8. The quantitative estimate of drug-likeness (QED) is 0.363. The number of ether oxygens (including phenoxy) is 2. The number of halogens is 2. The SMILES string of the molecule is CS(=O)(=O)C1CCC(OCC(=O)NC23CCC(NC(=O)COC4CCC(Cl)C(F)C4)(CC2)[C@@H](O)C3)CC1. The Hall–Kier alpha value is -1.01. The highest BCUT2D eigenvalue weighted by Gasteiger charge is 2.55. The minimum absolute atomic E-state index is 0.101. The number of fused-ring (bicyclic) bond motifs is 3. The molecule has 3 unspecified atom stereocenters. The van der Waals surface area contributed by atoms with Crippen LogP contribution in [-0.4, -0.2) is 91.0 Å². The number of sulfone groups is 1. The second-order valence-corrected chi connectivity index (χ2v) is 14.5. The van der Waals surface area contributed by atoms with Gasteiger partial charge in [0.05, 0.1) is 34.5 Å². The minimum atomic E-state index is -3.05. The third-order valence-electron chi connectivity index (χ3n) is 8.89. The van der Waals surface area contributed by atoms with Crippen molar-refractivity contribution in [2.24, 2.45) is 0 Å². The molecule has 0 spiro atoms. The van der Waals surface area contributed by atoms with Gasteiger partial charge in [-0.2, -0.15) is 0 Å². The number of rotatable bonds is 9. The van der Waals surface area contributed by atoms with Gasteiger partial charge in [-0.25, -0.2) is 12.8 Å². The van der Waals surface area contributed by atoms with Crippen molar-refractivity contribution in [2.75, 3.05) is 19.5 Å². The zero-order valence-corrected chi connectivity index (χ0v) is 23.0. The zero-order valence-electron chi connectivity index (χ0n) is 21.4. The van der Waals surface area contributed by atoms with Crippen molar-refractivity contribution in [1.82, 2.24) is 10.6 Å². The largest absolute Gasteiger partial charge is 0.391 e. The Morgan fingerprint density at radius 2 is 1.51 bits per heavy atom. The van der Waals surface area contributed by atoms with Gasteiger partial charge in [0.2, 0.25) is 11.8 Å². The molecule has 37 heavy (non-hydrogen) atoms. The fraction of sp³-hybridized carbons (Fsp3) is 0.920. The molecule has 212 valence electrons. The first-order chi connectivity index (χ1) is 17.4. The van der Waals surface area contributed by atoms with E-state index in [0.717, 1.165) is 0 Å². The van der Waals surface area contributed by atoms with E-state index in [4.69, 9.17) is 21.1 Å². The van der Waals surface area contributed by atoms with Gasteiger partial charge in [-0.1, -0.05) is 0 Å². The summed E-state index contributed by atoms with van der Waals surface area (Å²) in [5, 5.41) is 16.1. The zero-order chi connectivity index (χ0) is 26.8. The van der Waals surface area contributed by atoms with Crippen LogP contribution in [0.4, 0.5) is 4.39 Å². The standard InChI is InChI=1S/C25H40ClFN2O7S/c1-37(33,34)18-5-2-16(3-6-18)35-14-22(31)28-24-8-10-25(11-9-24,21(30)13-24)29-23(32)15-36-17-4-7-19(26)20(27)12-17/h16-21,30H,2-15H2,1H3,(H,28,31)(H,29,32)/t16?,17?,18?,19?,20?,21-,24?,25?/m0/s1. The van der Waals surface area contributed by atoms with Gasteiger partial charge in [-0.05, 0) is 70.6 Å². The summed E-state index contributed by atoms with van der Waals surface area (Å²) in [4.78, 5) is 25.3. The van der Waals surface area contributed by atoms with Crippen molar-refractivity contribution < 1.29 is 37.0 Å². The molecule has 0 aromatic heterocycles. The lowest BCUT2D eigenvalue weighted by Gasteiger charge is -2.56. The lowest BCUT2D eigenvalue weighted by atomic mass is 9.60. The molecule has 0 radical (unpaired) electrons. The fourth-order valence-corrected chi connectivity index (χ4v) is 7.87. The Morgan fingerprint density at radius 1 is 0.946 bits per heavy atom. The molecule has 0 aliphatic heterocycles. The van der Waals surface area contributed by atoms with Crippen LogP contribution in [0.5, 0.6) is 0 Å². The molecule has 0 heterocycles. The number of amides is 2. The Labute approximate surface area is 223 Å². The van der Waals surface area contributed by atoms with E-state index in [0.29, 0.717) is 70.6 Å². The molecular formula is C25H40ClFN2O7S. The number of nitrogens with one attached hydrogen (secondary N) is 2. The van der Waals surface area contributed by atoms with Crippen molar-refractivity contribution in [3.05, 3.63) is 0 Å². The van der Waals surface area contributed by atoms with Crippen LogP contribution in [0.25, 0.3) is 0 Å². The van der Waals surface area contributed by atoms with E-state index < -0.39 is 38.6 Å². The van der Waals surface area contributed by atoms with Gasteiger partial charge in [0.25, 0.3) is 0 Å². The number of carbonyl (C=O) groups excluding carboxylic acids is 2. The number of hydrogen-bond acceptors (Lipinski definition) is 7. The number of aliphatic hydroxyl groups is 1. The molecule has 0 aromatic rings. The van der Waals surface area contributed by atoms with Gasteiger partial charge in [0.1, 0.15) is 29.2 Å². The number of aliphatic hydroxyl groups excluding tert-OH is 1. The molecule has 12 heteroatoms. The van der Waals surface area contributed by atoms with Crippen molar-refractivity contribution >= 4 is 33.3 Å². The molecule has 5 aliphatic carbocycles. The molecule has 5 rings (SSSR count). The maximum atomic E-state index is 13.8. The van der Waals surface area contributed by atoms with Gasteiger partial charge in [0, 0.05) is 18.2 Å². The summed E-state index contributed by atoms with van der Waals surface area (Å²) in [7, 11) is -3.05. The third-order valence-corrected chi connectivity index (χ3v) is 11.1. The van der Waals surface area contributed by atoms with Gasteiger partial charge in [-0.15, -0.1) is 11.6 Å². The Kier molecular flexibility index (Phi) is 9.10. The van der Waals surface area contributed by atoms with E-state index in [2.05, 4.69) is 10.6 Å². The van der Waals surface area contributed by atoms with Crippen LogP contribution in [0, 0.1) is 0 Å². The van der Waals surface area contributed by atoms with E-state index in [9.17, 15) is 27.5 Å². The molecular weight excluding hydrogens is 527 g/mol. The van der Waals surface area contributed by atoms with Crippen molar-refractivity contribution in [3.63, 3.8) is 0 Å². The Balaban J connectivity index is 1.19. The first-order valence-corrected chi connectivity index (χ1v) is 15.8. The van der Waals surface area contributed by atoms with Crippen LogP contribution in [0.3, 0.4) is 0 Å². The van der Waals surface area contributed by atoms with E-state index in [1.54, 1.807) is 0 Å². The van der Waals surface area contributed by atoms with Crippen LogP contribution in [0.2, 0.25) is 0 Å². The molecule has 2 bridgehead atoms. The van der Waals surface area contributed by atoms with Crippen molar-refractivity contribution in [2.45, 2.75) is 123 Å². The molecule has 3 N–H and O–H groups in total. The van der Waals surface area contributed by atoms with E-state index in [-0.39, 0.29) is 48.9 Å². The molecule has 5 aliphatic rings. The molecule has 0 saturated heterocycles. The summed E-state index contributed by atoms with van der Waals surface area (Å²) < 4.78 is 48.6. The summed E-state index contributed by atoms with van der Waals surface area (Å²) in [6.07, 6.45) is 5.12. The monoisotopic (exact) mass is 566 g/mol. The predicted molar refractivity (Wildman–Crippen MR) is 136 cm³/mol. The minimum Gasteiger partial charge on any atom is -0.391 e. The average molecular weight is 567 g/mol. The average Bonchev–Trinajstić information content (AvgIpc) is 2.84. The highest BCUT2D eigenvalue weighted by atomic mass is 35.5. The van der Waals surface area contributed by atoms with Gasteiger partial charge in [-0.3, -0.25) is 9.59 Å². The molecule has 5 fully saturated rings. The summed E-state index contributed by atoms with van der Waals surface area (Å²) in [6, 6.07) is 0. The summed E-state index contributed by atoms with van der Waals surface area (Å²) in [6.45, 7) is -0.291. The highest BCUT2D eigenvalue weighted by molar-refractivity contribution is 7.91. The maximum Gasteiger partial charge on any atom is 0.246 e. The first-order valence-electron chi connectivity index (χ1n) is 13.4. The Bertz CT molecular complexity index is 935. The number of carbonyl (C=O) groups is 2. The molecule has 4 atom stereocenters. The number of hydrogen-bond donors (Lipinski definition) is 3. The normalized spacial score (nSPS) is 40.2.